The average molecular weight is 385 g/mol. The van der Waals surface area contributed by atoms with Gasteiger partial charge in [0.2, 0.25) is 0 Å². The lowest BCUT2D eigenvalue weighted by molar-refractivity contribution is 0.112. The number of nitrogens with two attached hydrogens (primary N) is 1. The maximum Gasteiger partial charge on any atom is 0.154 e. The van der Waals surface area contributed by atoms with E-state index in [2.05, 4.69) is 15.3 Å². The van der Waals surface area contributed by atoms with Crippen molar-refractivity contribution >= 4 is 12.1 Å². The second-order valence-corrected chi connectivity index (χ2v) is 6.72. The van der Waals surface area contributed by atoms with Crippen molar-refractivity contribution in [2.75, 3.05) is 5.73 Å². The summed E-state index contributed by atoms with van der Waals surface area (Å²) >= 11 is 0. The number of anilines is 1. The number of phenolic OH excluding ortho intramolecular Hbond substituents is 1. The average Bonchev–Trinajstić information content (AvgIpc) is 3.24. The molecule has 1 atom stereocenters. The molecule has 144 valence electrons. The van der Waals surface area contributed by atoms with Crippen LogP contribution in [0, 0.1) is 0 Å². The second-order valence-electron chi connectivity index (χ2n) is 6.72. The normalized spacial score (nSPS) is 11.9. The Balaban J connectivity index is 1.68. The van der Waals surface area contributed by atoms with Gasteiger partial charge in [0, 0.05) is 28.5 Å². The Bertz CT molecular complexity index is 1170. The van der Waals surface area contributed by atoms with E-state index in [0.29, 0.717) is 22.4 Å². The zero-order valence-corrected chi connectivity index (χ0v) is 15.7. The summed E-state index contributed by atoms with van der Waals surface area (Å²) in [6.45, 7) is 2.02. The molecule has 3 N–H and O–H groups in total. The van der Waals surface area contributed by atoms with Gasteiger partial charge in [-0.25, -0.2) is 0 Å². The number of aromatic nitrogens is 4. The molecule has 7 heteroatoms. The van der Waals surface area contributed by atoms with Crippen molar-refractivity contribution in [1.82, 2.24) is 20.0 Å². The SMILES string of the molecule is CC(c1ccc(C=O)cc1)n1cc(-c2cc(-c3ccccc3O)nnc2N)cn1. The molecule has 0 saturated heterocycles. The molecule has 29 heavy (non-hydrogen) atoms. The molecule has 0 radical (unpaired) electrons. The third-order valence-electron chi connectivity index (χ3n) is 4.87. The number of aromatic hydroxyl groups is 1. The van der Waals surface area contributed by atoms with E-state index in [4.69, 9.17) is 5.73 Å². The second kappa shape index (κ2) is 7.55. The van der Waals surface area contributed by atoms with Gasteiger partial charge in [-0.3, -0.25) is 9.48 Å². The minimum absolute atomic E-state index is 0.0295. The summed E-state index contributed by atoms with van der Waals surface area (Å²) in [6, 6.07) is 16.1. The predicted octanol–water partition coefficient (Wildman–Crippen LogP) is 3.72. The van der Waals surface area contributed by atoms with Crippen LogP contribution in [0.4, 0.5) is 5.82 Å². The van der Waals surface area contributed by atoms with E-state index in [1.807, 2.05) is 36.0 Å². The highest BCUT2D eigenvalue weighted by Gasteiger charge is 2.15. The first-order valence-corrected chi connectivity index (χ1v) is 9.08. The van der Waals surface area contributed by atoms with Gasteiger partial charge >= 0.3 is 0 Å². The zero-order chi connectivity index (χ0) is 20.4. The van der Waals surface area contributed by atoms with Gasteiger partial charge < -0.3 is 10.8 Å². The van der Waals surface area contributed by atoms with Crippen molar-refractivity contribution in [2.24, 2.45) is 0 Å². The van der Waals surface area contributed by atoms with Crippen molar-refractivity contribution in [1.29, 1.82) is 0 Å². The third-order valence-corrected chi connectivity index (χ3v) is 4.87. The number of hydrogen-bond acceptors (Lipinski definition) is 6. The van der Waals surface area contributed by atoms with Crippen molar-refractivity contribution in [3.63, 3.8) is 0 Å². The number of nitrogen functional groups attached to an aromatic ring is 1. The van der Waals surface area contributed by atoms with Crippen LogP contribution in [0.25, 0.3) is 22.4 Å². The van der Waals surface area contributed by atoms with Gasteiger partial charge in [-0.15, -0.1) is 10.2 Å². The lowest BCUT2D eigenvalue weighted by Crippen LogP contribution is -2.07. The maximum atomic E-state index is 10.8. The molecule has 0 spiro atoms. The Hall–Kier alpha value is -4.00. The summed E-state index contributed by atoms with van der Waals surface area (Å²) in [6.07, 6.45) is 4.43. The van der Waals surface area contributed by atoms with Crippen LogP contribution >= 0.6 is 0 Å². The monoisotopic (exact) mass is 385 g/mol. The topological polar surface area (TPSA) is 107 Å². The highest BCUT2D eigenvalue weighted by Crippen LogP contribution is 2.32. The smallest absolute Gasteiger partial charge is 0.154 e. The lowest BCUT2D eigenvalue weighted by atomic mass is 10.1. The van der Waals surface area contributed by atoms with E-state index < -0.39 is 0 Å². The number of rotatable bonds is 5. The number of carbonyl (C=O) groups excluding carboxylic acids is 1. The first kappa shape index (κ1) is 18.4. The summed E-state index contributed by atoms with van der Waals surface area (Å²) in [7, 11) is 0. The number of carbonyl (C=O) groups is 1. The van der Waals surface area contributed by atoms with Gasteiger partial charge in [0.05, 0.1) is 17.9 Å². The van der Waals surface area contributed by atoms with Gasteiger partial charge in [-0.2, -0.15) is 5.10 Å². The van der Waals surface area contributed by atoms with E-state index in [1.165, 1.54) is 0 Å². The summed E-state index contributed by atoms with van der Waals surface area (Å²) in [4.78, 5) is 10.8. The summed E-state index contributed by atoms with van der Waals surface area (Å²) in [5.74, 6) is 0.410. The van der Waals surface area contributed by atoms with E-state index in [0.717, 1.165) is 17.4 Å². The van der Waals surface area contributed by atoms with Gasteiger partial charge in [0.25, 0.3) is 0 Å². The fraction of sp³-hybridized carbons (Fsp3) is 0.0909. The van der Waals surface area contributed by atoms with Gasteiger partial charge in [-0.05, 0) is 30.7 Å². The predicted molar refractivity (Wildman–Crippen MR) is 110 cm³/mol. The van der Waals surface area contributed by atoms with Crippen molar-refractivity contribution in [3.05, 3.63) is 78.1 Å². The Morgan fingerprint density at radius 2 is 1.83 bits per heavy atom. The van der Waals surface area contributed by atoms with Crippen LogP contribution in [-0.4, -0.2) is 31.4 Å². The first-order valence-electron chi connectivity index (χ1n) is 9.08. The van der Waals surface area contributed by atoms with Crippen LogP contribution in [0.2, 0.25) is 0 Å². The number of benzene rings is 2. The van der Waals surface area contributed by atoms with Gasteiger partial charge in [-0.1, -0.05) is 36.4 Å². The largest absolute Gasteiger partial charge is 0.507 e. The molecular weight excluding hydrogens is 366 g/mol. The Kier molecular flexibility index (Phi) is 4.78. The number of para-hydroxylation sites is 1. The maximum absolute atomic E-state index is 10.8. The lowest BCUT2D eigenvalue weighted by Gasteiger charge is -2.12. The summed E-state index contributed by atoms with van der Waals surface area (Å²) in [5, 5.41) is 22.7. The van der Waals surface area contributed by atoms with Gasteiger partial charge in [0.1, 0.15) is 12.0 Å². The number of hydrogen-bond donors (Lipinski definition) is 2. The number of aldehydes is 1. The van der Waals surface area contributed by atoms with Crippen LogP contribution in [0.15, 0.2) is 67.0 Å². The molecule has 2 aromatic carbocycles. The molecule has 0 bridgehead atoms. The molecule has 0 fully saturated rings. The van der Waals surface area contributed by atoms with Crippen molar-refractivity contribution < 1.29 is 9.90 Å². The Morgan fingerprint density at radius 1 is 1.07 bits per heavy atom. The molecular formula is C22H19N5O2. The molecule has 0 aliphatic rings. The molecule has 0 aliphatic heterocycles. The standard InChI is InChI=1S/C22H19N5O2/c1-14(16-8-6-15(13-28)7-9-16)27-12-17(11-24-27)19-10-20(25-26-22(19)23)18-4-2-3-5-21(18)29/h2-14,29H,1H3,(H2,23,26). The van der Waals surface area contributed by atoms with E-state index >= 15 is 0 Å². The van der Waals surface area contributed by atoms with Crippen molar-refractivity contribution in [2.45, 2.75) is 13.0 Å². The highest BCUT2D eigenvalue weighted by molar-refractivity contribution is 5.78. The van der Waals surface area contributed by atoms with E-state index in [9.17, 15) is 9.90 Å². The first-order chi connectivity index (χ1) is 14.1. The molecule has 0 amide bonds. The molecule has 2 heterocycles. The summed E-state index contributed by atoms with van der Waals surface area (Å²) < 4.78 is 1.82. The molecule has 1 unspecified atom stereocenters. The third kappa shape index (κ3) is 3.58. The van der Waals surface area contributed by atoms with Gasteiger partial charge in [0.15, 0.2) is 5.82 Å². The quantitative estimate of drug-likeness (QED) is 0.507. The highest BCUT2D eigenvalue weighted by atomic mass is 16.3. The van der Waals surface area contributed by atoms with Crippen LogP contribution in [0.3, 0.4) is 0 Å². The fourth-order valence-corrected chi connectivity index (χ4v) is 3.15. The summed E-state index contributed by atoms with van der Waals surface area (Å²) in [5.41, 5.74) is 10.3. The Morgan fingerprint density at radius 3 is 2.55 bits per heavy atom. The minimum atomic E-state index is -0.0295. The molecule has 0 aliphatic carbocycles. The number of nitrogens with zero attached hydrogens (tertiary/aromatic N) is 4. The fourth-order valence-electron chi connectivity index (χ4n) is 3.15. The van der Waals surface area contributed by atoms with Crippen LogP contribution < -0.4 is 5.73 Å². The van der Waals surface area contributed by atoms with Crippen LogP contribution in [0.5, 0.6) is 5.75 Å². The zero-order valence-electron chi connectivity index (χ0n) is 15.7. The van der Waals surface area contributed by atoms with Crippen molar-refractivity contribution in [3.8, 4) is 28.1 Å². The van der Waals surface area contributed by atoms with E-state index in [-0.39, 0.29) is 17.6 Å². The molecule has 0 saturated carbocycles. The van der Waals surface area contributed by atoms with Crippen LogP contribution in [0.1, 0.15) is 28.9 Å². The minimum Gasteiger partial charge on any atom is -0.507 e. The van der Waals surface area contributed by atoms with E-state index in [1.54, 1.807) is 42.6 Å². The molecule has 7 nitrogen and oxygen atoms in total. The van der Waals surface area contributed by atoms with Crippen LogP contribution in [-0.2, 0) is 0 Å². The molecule has 4 aromatic rings. The molecule has 2 aromatic heterocycles. The number of phenols is 1. The molecule has 4 rings (SSSR count). The Labute approximate surface area is 167 Å².